The minimum Gasteiger partial charge on any atom is -0.313 e. The maximum absolute atomic E-state index is 5.26. The van der Waals surface area contributed by atoms with Crippen molar-refractivity contribution >= 4 is 56.9 Å². The van der Waals surface area contributed by atoms with Crippen molar-refractivity contribution in [3.63, 3.8) is 0 Å². The molecule has 0 saturated heterocycles. The van der Waals surface area contributed by atoms with E-state index < -0.39 is 0 Å². The van der Waals surface area contributed by atoms with Gasteiger partial charge in [0.1, 0.15) is 0 Å². The van der Waals surface area contributed by atoms with E-state index in [2.05, 4.69) is 149 Å². The fourth-order valence-corrected chi connectivity index (χ4v) is 9.62. The van der Waals surface area contributed by atoms with Crippen LogP contribution in [0.4, 0.5) is 0 Å². The molecule has 0 saturated carbocycles. The summed E-state index contributed by atoms with van der Waals surface area (Å²) in [5.41, 5.74) is 17.9. The maximum Gasteiger partial charge on any atom is 0.0727 e. The van der Waals surface area contributed by atoms with Crippen LogP contribution in [-0.4, -0.2) is 14.1 Å². The van der Waals surface area contributed by atoms with Gasteiger partial charge >= 0.3 is 0 Å². The number of aromatic nitrogens is 3. The van der Waals surface area contributed by atoms with Crippen LogP contribution in [0, 0.1) is 0 Å². The molecule has 5 aliphatic rings. The van der Waals surface area contributed by atoms with Gasteiger partial charge in [0.2, 0.25) is 0 Å². The second-order valence-electron chi connectivity index (χ2n) is 15.4. The van der Waals surface area contributed by atoms with Crippen molar-refractivity contribution in [2.45, 2.75) is 64.2 Å². The number of allylic oxidation sites excluding steroid dienone is 10. The van der Waals surface area contributed by atoms with Crippen LogP contribution in [0.5, 0.6) is 0 Å². The Balaban J connectivity index is 1.08. The molecule has 0 atom stereocenters. The SMILES string of the molecule is C1=CC(c2cc(-n3c4c(c5cc(-c6ccc7c(c6)c6c(n7C7=c8ccccc8=CCC7)C=CCC6)ccc53)CCC=C4)cc(C3=CCCC=C3)n2)=CCC1. The summed E-state index contributed by atoms with van der Waals surface area (Å²) in [7, 11) is 0. The molecule has 11 rings (SSSR count). The lowest BCUT2D eigenvalue weighted by atomic mass is 9.96. The molecule has 5 aliphatic carbocycles. The molecule has 0 unspecified atom stereocenters. The van der Waals surface area contributed by atoms with Crippen LogP contribution in [0.15, 0.2) is 121 Å². The van der Waals surface area contributed by atoms with Crippen LogP contribution in [0.1, 0.15) is 85.3 Å². The lowest BCUT2D eigenvalue weighted by Crippen LogP contribution is -2.31. The zero-order valence-corrected chi connectivity index (χ0v) is 30.7. The predicted molar refractivity (Wildman–Crippen MR) is 228 cm³/mol. The van der Waals surface area contributed by atoms with E-state index >= 15 is 0 Å². The number of aryl methyl sites for hydroxylation is 2. The Morgan fingerprint density at radius 1 is 0.481 bits per heavy atom. The molecule has 0 amide bonds. The van der Waals surface area contributed by atoms with Crippen molar-refractivity contribution < 1.29 is 0 Å². The Morgan fingerprint density at radius 3 is 1.70 bits per heavy atom. The lowest BCUT2D eigenvalue weighted by Gasteiger charge is -2.18. The smallest absolute Gasteiger partial charge is 0.0727 e. The first-order valence-electron chi connectivity index (χ1n) is 20.0. The third kappa shape index (κ3) is 5.13. The summed E-state index contributed by atoms with van der Waals surface area (Å²) in [6, 6.07) is 28.0. The highest BCUT2D eigenvalue weighted by Gasteiger charge is 2.24. The van der Waals surface area contributed by atoms with E-state index in [1.165, 1.54) is 88.4 Å². The van der Waals surface area contributed by atoms with Crippen molar-refractivity contribution in [2.24, 2.45) is 0 Å². The molecule has 0 spiro atoms. The van der Waals surface area contributed by atoms with Crippen LogP contribution in [0.25, 0.3) is 73.7 Å². The van der Waals surface area contributed by atoms with E-state index in [9.17, 15) is 0 Å². The number of rotatable bonds is 5. The first kappa shape index (κ1) is 31.6. The van der Waals surface area contributed by atoms with Crippen LogP contribution in [0.3, 0.4) is 0 Å². The summed E-state index contributed by atoms with van der Waals surface area (Å²) in [6.07, 6.45) is 36.3. The van der Waals surface area contributed by atoms with E-state index in [1.807, 2.05) is 0 Å². The van der Waals surface area contributed by atoms with Crippen LogP contribution >= 0.6 is 0 Å². The molecule has 0 bridgehead atoms. The highest BCUT2D eigenvalue weighted by molar-refractivity contribution is 5.98. The van der Waals surface area contributed by atoms with Gasteiger partial charge in [-0.2, -0.15) is 0 Å². The van der Waals surface area contributed by atoms with E-state index in [1.54, 1.807) is 0 Å². The molecule has 54 heavy (non-hydrogen) atoms. The molecule has 262 valence electrons. The third-order valence-corrected chi connectivity index (χ3v) is 12.2. The number of nitrogens with zero attached hydrogens (tertiary/aromatic N) is 3. The summed E-state index contributed by atoms with van der Waals surface area (Å²) in [5.74, 6) is 0. The molecule has 3 heterocycles. The van der Waals surface area contributed by atoms with Gasteiger partial charge in [-0.25, -0.2) is 4.98 Å². The fourth-order valence-electron chi connectivity index (χ4n) is 9.62. The average Bonchev–Trinajstić information content (AvgIpc) is 3.76. The first-order valence-corrected chi connectivity index (χ1v) is 20.0. The van der Waals surface area contributed by atoms with Crippen molar-refractivity contribution in [1.82, 2.24) is 14.1 Å². The number of fused-ring (bicyclic) bond motifs is 7. The minimum atomic E-state index is 1.05. The maximum atomic E-state index is 5.26. The summed E-state index contributed by atoms with van der Waals surface area (Å²) in [5, 5.41) is 5.47. The van der Waals surface area contributed by atoms with E-state index in [0.29, 0.717) is 0 Å². The van der Waals surface area contributed by atoms with Crippen LogP contribution in [0.2, 0.25) is 0 Å². The van der Waals surface area contributed by atoms with Gasteiger partial charge in [0.05, 0.1) is 28.1 Å². The van der Waals surface area contributed by atoms with Crippen molar-refractivity contribution in [3.8, 4) is 16.8 Å². The zero-order valence-electron chi connectivity index (χ0n) is 30.7. The Labute approximate surface area is 316 Å². The van der Waals surface area contributed by atoms with Crippen LogP contribution in [-0.2, 0) is 12.8 Å². The molecule has 3 aromatic carbocycles. The number of hydrogen-bond donors (Lipinski definition) is 0. The molecule has 0 aliphatic heterocycles. The Morgan fingerprint density at radius 2 is 1.07 bits per heavy atom. The topological polar surface area (TPSA) is 22.8 Å². The summed E-state index contributed by atoms with van der Waals surface area (Å²) in [4.78, 5) is 5.26. The van der Waals surface area contributed by atoms with Gasteiger partial charge in [-0.3, -0.25) is 0 Å². The number of hydrogen-bond acceptors (Lipinski definition) is 1. The van der Waals surface area contributed by atoms with E-state index in [-0.39, 0.29) is 0 Å². The van der Waals surface area contributed by atoms with Gasteiger partial charge in [0, 0.05) is 33.1 Å². The second kappa shape index (κ2) is 12.9. The highest BCUT2D eigenvalue weighted by atomic mass is 15.0. The van der Waals surface area contributed by atoms with Gasteiger partial charge in [0.25, 0.3) is 0 Å². The normalized spacial score (nSPS) is 17.3. The Hall–Kier alpha value is -5.93. The second-order valence-corrected chi connectivity index (χ2v) is 15.4. The molecular weight excluding hydrogens is 655 g/mol. The molecular formula is C51H43N3. The number of pyridine rings is 1. The quantitative estimate of drug-likeness (QED) is 0.176. The number of benzene rings is 3. The molecule has 0 N–H and O–H groups in total. The van der Waals surface area contributed by atoms with Gasteiger partial charge in [0.15, 0.2) is 0 Å². The fraction of sp³-hybridized carbons (Fsp3) is 0.196. The Bertz CT molecular complexity index is 2820. The van der Waals surface area contributed by atoms with Crippen molar-refractivity contribution in [1.29, 1.82) is 0 Å². The minimum absolute atomic E-state index is 1.05. The molecule has 3 aromatic heterocycles. The largest absolute Gasteiger partial charge is 0.313 e. The van der Waals surface area contributed by atoms with Gasteiger partial charge in [-0.1, -0.05) is 91.1 Å². The molecule has 0 fully saturated rings. The standard InChI is InChI=1S/C51H43N3/c1-3-15-35(16-4-1)45-32-39(33-46(52-45)36-17-5-2-6-18-36)53-48-23-11-9-21-41(48)43-30-37(26-28-50(43)53)38-27-29-51-44(31-38)42-22-10-12-24-49(42)54(51)47-25-13-19-34-14-7-8-20-40(34)47/h3,5,7-8,11-12,14-20,23-24,26-33H,1-2,4,6,9-10,13,21-22,25H2. The van der Waals surface area contributed by atoms with E-state index in [4.69, 9.17) is 4.98 Å². The van der Waals surface area contributed by atoms with Gasteiger partial charge < -0.3 is 9.13 Å². The summed E-state index contributed by atoms with van der Waals surface area (Å²) >= 11 is 0. The molecule has 3 nitrogen and oxygen atoms in total. The zero-order chi connectivity index (χ0) is 35.6. The van der Waals surface area contributed by atoms with Crippen molar-refractivity contribution in [3.05, 3.63) is 166 Å². The summed E-state index contributed by atoms with van der Waals surface area (Å²) < 4.78 is 5.08. The van der Waals surface area contributed by atoms with Gasteiger partial charge in [-0.05, 0) is 151 Å². The Kier molecular flexibility index (Phi) is 7.53. The first-order chi connectivity index (χ1) is 26.8. The summed E-state index contributed by atoms with van der Waals surface area (Å²) in [6.45, 7) is 0. The highest BCUT2D eigenvalue weighted by Crippen LogP contribution is 2.40. The lowest BCUT2D eigenvalue weighted by molar-refractivity contribution is 0.930. The van der Waals surface area contributed by atoms with E-state index in [0.717, 1.165) is 75.6 Å². The van der Waals surface area contributed by atoms with Crippen LogP contribution < -0.4 is 10.4 Å². The molecule has 0 radical (unpaired) electrons. The average molecular weight is 698 g/mol. The predicted octanol–water partition coefficient (Wildman–Crippen LogP) is 11.3. The monoisotopic (exact) mass is 697 g/mol. The third-order valence-electron chi connectivity index (χ3n) is 12.2. The molecule has 6 aromatic rings. The van der Waals surface area contributed by atoms with Gasteiger partial charge in [-0.15, -0.1) is 0 Å². The van der Waals surface area contributed by atoms with Crippen molar-refractivity contribution in [2.75, 3.05) is 0 Å². The molecule has 3 heteroatoms.